The van der Waals surface area contributed by atoms with Crippen LogP contribution >= 0.6 is 12.2 Å². The second kappa shape index (κ2) is 8.60. The van der Waals surface area contributed by atoms with Gasteiger partial charge in [0.25, 0.3) is 0 Å². The number of hydrogen-bond acceptors (Lipinski definition) is 5. The van der Waals surface area contributed by atoms with Gasteiger partial charge in [-0.3, -0.25) is 14.3 Å². The molecule has 0 aliphatic carbocycles. The maximum Gasteiger partial charge on any atom is 0.310 e. The SMILES string of the molecule is CCOC(=O)C1CCCN(Cn2nc(C)n(Cc3ccccc3)c2=S)C1. The van der Waals surface area contributed by atoms with Gasteiger partial charge >= 0.3 is 5.97 Å². The Bertz CT molecular complexity index is 800. The predicted octanol–water partition coefficient (Wildman–Crippen LogP) is 3.00. The minimum absolute atomic E-state index is 0.0506. The van der Waals surface area contributed by atoms with E-state index < -0.39 is 0 Å². The molecular weight excluding hydrogens is 348 g/mol. The van der Waals surface area contributed by atoms with Gasteiger partial charge in [-0.25, -0.2) is 4.68 Å². The van der Waals surface area contributed by atoms with Crippen molar-refractivity contribution in [2.75, 3.05) is 19.7 Å². The van der Waals surface area contributed by atoms with Crippen molar-refractivity contribution in [3.05, 3.63) is 46.5 Å². The standard InChI is InChI=1S/C19H26N4O2S/c1-3-25-18(24)17-10-7-11-21(13-17)14-23-19(26)22(15(2)20-23)12-16-8-5-4-6-9-16/h4-6,8-9,17H,3,7,10-14H2,1-2H3. The molecule has 0 N–H and O–H groups in total. The van der Waals surface area contributed by atoms with E-state index in [-0.39, 0.29) is 11.9 Å². The minimum atomic E-state index is -0.0911. The van der Waals surface area contributed by atoms with Gasteiger partial charge in [-0.15, -0.1) is 0 Å². The Balaban J connectivity index is 1.69. The molecule has 1 aliphatic heterocycles. The molecule has 1 saturated heterocycles. The summed E-state index contributed by atoms with van der Waals surface area (Å²) in [6.07, 6.45) is 1.88. The van der Waals surface area contributed by atoms with E-state index in [1.54, 1.807) is 0 Å². The summed E-state index contributed by atoms with van der Waals surface area (Å²) >= 11 is 5.65. The van der Waals surface area contributed by atoms with E-state index >= 15 is 0 Å². The van der Waals surface area contributed by atoms with Crippen LogP contribution in [0.15, 0.2) is 30.3 Å². The van der Waals surface area contributed by atoms with Gasteiger partial charge in [-0.05, 0) is 51.0 Å². The van der Waals surface area contributed by atoms with Crippen LogP contribution in [0.1, 0.15) is 31.2 Å². The van der Waals surface area contributed by atoms with Gasteiger partial charge in [-0.2, -0.15) is 5.10 Å². The van der Waals surface area contributed by atoms with Crippen molar-refractivity contribution in [3.63, 3.8) is 0 Å². The summed E-state index contributed by atoms with van der Waals surface area (Å²) in [6, 6.07) is 10.2. The molecule has 7 heteroatoms. The molecule has 2 heterocycles. The predicted molar refractivity (Wildman–Crippen MR) is 102 cm³/mol. The van der Waals surface area contributed by atoms with Gasteiger partial charge in [0.15, 0.2) is 4.77 Å². The normalized spacial score (nSPS) is 18.0. The number of carbonyl (C=O) groups excluding carboxylic acids is 1. The highest BCUT2D eigenvalue weighted by Gasteiger charge is 2.27. The van der Waals surface area contributed by atoms with Crippen molar-refractivity contribution in [2.45, 2.75) is 39.9 Å². The van der Waals surface area contributed by atoms with E-state index in [9.17, 15) is 4.79 Å². The van der Waals surface area contributed by atoms with E-state index in [4.69, 9.17) is 17.0 Å². The van der Waals surface area contributed by atoms with Gasteiger partial charge in [-0.1, -0.05) is 30.3 Å². The number of nitrogens with zero attached hydrogens (tertiary/aromatic N) is 4. The highest BCUT2D eigenvalue weighted by molar-refractivity contribution is 7.71. The Labute approximate surface area is 159 Å². The zero-order chi connectivity index (χ0) is 18.5. The molecule has 0 spiro atoms. The van der Waals surface area contributed by atoms with Crippen LogP contribution in [-0.2, 0) is 22.7 Å². The lowest BCUT2D eigenvalue weighted by atomic mass is 9.99. The van der Waals surface area contributed by atoms with Crippen LogP contribution in [0.5, 0.6) is 0 Å². The summed E-state index contributed by atoms with van der Waals surface area (Å²) in [5.41, 5.74) is 1.20. The lowest BCUT2D eigenvalue weighted by Crippen LogP contribution is -2.40. The Morgan fingerprint density at radius 3 is 2.85 bits per heavy atom. The smallest absolute Gasteiger partial charge is 0.310 e. The first kappa shape index (κ1) is 18.8. The number of esters is 1. The number of hydrogen-bond donors (Lipinski definition) is 0. The van der Waals surface area contributed by atoms with E-state index in [0.717, 1.165) is 31.8 Å². The quantitative estimate of drug-likeness (QED) is 0.575. The molecule has 1 fully saturated rings. The van der Waals surface area contributed by atoms with E-state index in [0.29, 0.717) is 24.6 Å². The highest BCUT2D eigenvalue weighted by atomic mass is 32.1. The number of rotatable bonds is 6. The first-order valence-corrected chi connectivity index (χ1v) is 9.56. The van der Waals surface area contributed by atoms with Crippen LogP contribution in [0.3, 0.4) is 0 Å². The summed E-state index contributed by atoms with van der Waals surface area (Å²) in [7, 11) is 0. The number of piperidine rings is 1. The fourth-order valence-corrected chi connectivity index (χ4v) is 3.71. The van der Waals surface area contributed by atoms with Crippen molar-refractivity contribution < 1.29 is 9.53 Å². The van der Waals surface area contributed by atoms with Gasteiger partial charge < -0.3 is 4.74 Å². The molecule has 140 valence electrons. The summed E-state index contributed by atoms with van der Waals surface area (Å²) in [6.45, 7) is 7.23. The number of benzene rings is 1. The third-order valence-corrected chi connectivity index (χ3v) is 5.18. The Hall–Kier alpha value is -1.99. The molecule has 1 aliphatic rings. The molecule has 0 amide bonds. The van der Waals surface area contributed by atoms with Crippen LogP contribution in [0.2, 0.25) is 0 Å². The van der Waals surface area contributed by atoms with Crippen LogP contribution in [-0.4, -0.2) is 44.9 Å². The number of aromatic nitrogens is 3. The summed E-state index contributed by atoms with van der Waals surface area (Å²) < 4.78 is 9.81. The molecular formula is C19H26N4O2S. The van der Waals surface area contributed by atoms with Crippen LogP contribution in [0.4, 0.5) is 0 Å². The molecule has 6 nitrogen and oxygen atoms in total. The Kier molecular flexibility index (Phi) is 6.21. The summed E-state index contributed by atoms with van der Waals surface area (Å²) in [4.78, 5) is 14.3. The number of ether oxygens (including phenoxy) is 1. The van der Waals surface area contributed by atoms with Gasteiger partial charge in [0.1, 0.15) is 5.82 Å². The molecule has 2 aromatic rings. The zero-order valence-electron chi connectivity index (χ0n) is 15.4. The second-order valence-corrected chi connectivity index (χ2v) is 7.08. The molecule has 0 radical (unpaired) electrons. The van der Waals surface area contributed by atoms with Gasteiger partial charge in [0, 0.05) is 6.54 Å². The summed E-state index contributed by atoms with van der Waals surface area (Å²) in [5, 5.41) is 4.62. The lowest BCUT2D eigenvalue weighted by Gasteiger charge is -2.31. The maximum atomic E-state index is 12.0. The monoisotopic (exact) mass is 374 g/mol. The largest absolute Gasteiger partial charge is 0.466 e. The minimum Gasteiger partial charge on any atom is -0.466 e. The van der Waals surface area contributed by atoms with Crippen LogP contribution in [0, 0.1) is 17.6 Å². The van der Waals surface area contributed by atoms with Crippen molar-refractivity contribution in [3.8, 4) is 0 Å². The second-order valence-electron chi connectivity index (χ2n) is 6.71. The third-order valence-electron chi connectivity index (χ3n) is 4.75. The number of aryl methyl sites for hydroxylation is 1. The van der Waals surface area contributed by atoms with Crippen molar-refractivity contribution in [1.82, 2.24) is 19.2 Å². The third kappa shape index (κ3) is 4.40. The first-order chi connectivity index (χ1) is 12.6. The highest BCUT2D eigenvalue weighted by Crippen LogP contribution is 2.19. The van der Waals surface area contributed by atoms with E-state index in [1.807, 2.05) is 36.7 Å². The molecule has 0 bridgehead atoms. The van der Waals surface area contributed by atoms with Crippen LogP contribution in [0.25, 0.3) is 0 Å². The van der Waals surface area contributed by atoms with E-state index in [1.165, 1.54) is 5.56 Å². The lowest BCUT2D eigenvalue weighted by molar-refractivity contribution is -0.150. The molecule has 26 heavy (non-hydrogen) atoms. The number of likely N-dealkylation sites (tertiary alicyclic amines) is 1. The molecule has 1 atom stereocenters. The van der Waals surface area contributed by atoms with Gasteiger partial charge in [0.2, 0.25) is 0 Å². The fourth-order valence-electron chi connectivity index (χ4n) is 3.42. The topological polar surface area (TPSA) is 52.3 Å². The first-order valence-electron chi connectivity index (χ1n) is 9.15. The Morgan fingerprint density at radius 1 is 1.35 bits per heavy atom. The van der Waals surface area contributed by atoms with Crippen LogP contribution < -0.4 is 0 Å². The average Bonchev–Trinajstić information content (AvgIpc) is 2.90. The average molecular weight is 375 g/mol. The molecule has 1 aromatic heterocycles. The van der Waals surface area contributed by atoms with Crippen molar-refractivity contribution >= 4 is 18.2 Å². The molecule has 1 unspecified atom stereocenters. The van der Waals surface area contributed by atoms with E-state index in [2.05, 4.69) is 26.7 Å². The van der Waals surface area contributed by atoms with Gasteiger partial charge in [0.05, 0.1) is 25.7 Å². The van der Waals surface area contributed by atoms with Crippen molar-refractivity contribution in [2.24, 2.45) is 5.92 Å². The zero-order valence-corrected chi connectivity index (χ0v) is 16.2. The Morgan fingerprint density at radius 2 is 2.12 bits per heavy atom. The maximum absolute atomic E-state index is 12.0. The van der Waals surface area contributed by atoms with Crippen molar-refractivity contribution in [1.29, 1.82) is 0 Å². The molecule has 0 saturated carbocycles. The summed E-state index contributed by atoms with van der Waals surface area (Å²) in [5.74, 6) is 0.759. The molecule has 3 rings (SSSR count). The number of carbonyl (C=O) groups is 1. The molecule has 1 aromatic carbocycles. The fraction of sp³-hybridized carbons (Fsp3) is 0.526.